The summed E-state index contributed by atoms with van der Waals surface area (Å²) >= 11 is 0. The van der Waals surface area contributed by atoms with Crippen LogP contribution in [-0.2, 0) is 10.0 Å². The molecule has 0 saturated carbocycles. The molecule has 7 nitrogen and oxygen atoms in total. The highest BCUT2D eigenvalue weighted by Crippen LogP contribution is 2.32. The van der Waals surface area contributed by atoms with Crippen molar-refractivity contribution in [3.8, 4) is 5.75 Å². The molecule has 0 radical (unpaired) electrons. The summed E-state index contributed by atoms with van der Waals surface area (Å²) in [6.07, 6.45) is -2.93. The quantitative estimate of drug-likeness (QED) is 0.633. The van der Waals surface area contributed by atoms with Crippen molar-refractivity contribution in [1.29, 1.82) is 0 Å². The van der Waals surface area contributed by atoms with E-state index in [1.165, 1.54) is 39.4 Å². The molecule has 2 aliphatic rings. The van der Waals surface area contributed by atoms with Crippen molar-refractivity contribution in [3.05, 3.63) is 23.8 Å². The van der Waals surface area contributed by atoms with Gasteiger partial charge in [0.25, 0.3) is 5.91 Å². The Labute approximate surface area is 193 Å². The second-order valence-corrected chi connectivity index (χ2v) is 11.1. The molecule has 1 aromatic rings. The average molecular weight is 492 g/mol. The van der Waals surface area contributed by atoms with E-state index in [1.54, 1.807) is 0 Å². The molecule has 0 aliphatic carbocycles. The first-order valence-corrected chi connectivity index (χ1v) is 12.6. The third kappa shape index (κ3) is 6.39. The van der Waals surface area contributed by atoms with E-state index in [4.69, 9.17) is 4.74 Å². The molecular formula is C22H32F3N3O4S. The van der Waals surface area contributed by atoms with Gasteiger partial charge in [0.15, 0.2) is 0 Å². The first-order chi connectivity index (χ1) is 15.4. The van der Waals surface area contributed by atoms with E-state index >= 15 is 0 Å². The van der Waals surface area contributed by atoms with Gasteiger partial charge in [-0.2, -0.15) is 17.5 Å². The summed E-state index contributed by atoms with van der Waals surface area (Å²) in [6, 6.07) is 4.30. The summed E-state index contributed by atoms with van der Waals surface area (Å²) < 4.78 is 71.8. The fraction of sp³-hybridized carbons (Fsp3) is 0.682. The molecule has 0 bridgehead atoms. The molecular weight excluding hydrogens is 459 g/mol. The van der Waals surface area contributed by atoms with Crippen LogP contribution in [0.3, 0.4) is 0 Å². The van der Waals surface area contributed by atoms with E-state index in [0.29, 0.717) is 26.1 Å². The fourth-order valence-electron chi connectivity index (χ4n) is 4.72. The second kappa shape index (κ2) is 10.2. The number of nitrogens with zero attached hydrogens (tertiary/aromatic N) is 3. The number of carbonyl (C=O) groups excluding carboxylic acids is 1. The number of methoxy groups -OCH3 is 1. The zero-order chi connectivity index (χ0) is 24.4. The van der Waals surface area contributed by atoms with E-state index < -0.39 is 28.7 Å². The van der Waals surface area contributed by atoms with Gasteiger partial charge in [0, 0.05) is 44.8 Å². The van der Waals surface area contributed by atoms with Gasteiger partial charge in [-0.3, -0.25) is 9.69 Å². The van der Waals surface area contributed by atoms with Crippen LogP contribution in [0.25, 0.3) is 0 Å². The molecule has 0 aromatic heterocycles. The number of benzene rings is 1. The molecule has 3 rings (SSSR count). The van der Waals surface area contributed by atoms with E-state index in [-0.39, 0.29) is 47.7 Å². The Morgan fingerprint density at radius 2 is 1.76 bits per heavy atom. The molecule has 33 heavy (non-hydrogen) atoms. The SMILES string of the molecule is COc1ccc(C(=O)N2CCCN(CC(F)(F)F)CC2)cc1S(=O)(=O)N1CC(C)CC(C)C1. The summed E-state index contributed by atoms with van der Waals surface area (Å²) in [5.74, 6) is 0.195. The zero-order valence-electron chi connectivity index (χ0n) is 19.3. The molecule has 1 amide bonds. The predicted octanol–water partition coefficient (Wildman–Crippen LogP) is 3.07. The topological polar surface area (TPSA) is 70.2 Å². The Balaban J connectivity index is 1.82. The average Bonchev–Trinajstić information content (AvgIpc) is 2.96. The molecule has 2 aliphatic heterocycles. The number of halogens is 3. The van der Waals surface area contributed by atoms with Gasteiger partial charge in [0.1, 0.15) is 10.6 Å². The summed E-state index contributed by atoms with van der Waals surface area (Å²) in [6.45, 7) is 4.62. The molecule has 2 atom stereocenters. The Bertz CT molecular complexity index is 945. The largest absolute Gasteiger partial charge is 0.495 e. The second-order valence-electron chi connectivity index (χ2n) is 9.17. The number of hydrogen-bond acceptors (Lipinski definition) is 5. The molecule has 0 N–H and O–H groups in total. The maximum Gasteiger partial charge on any atom is 0.401 e. The fourth-order valence-corrected chi connectivity index (χ4v) is 6.58. The molecule has 11 heteroatoms. The van der Waals surface area contributed by atoms with Crippen LogP contribution in [0, 0.1) is 11.8 Å². The van der Waals surface area contributed by atoms with Crippen molar-refractivity contribution >= 4 is 15.9 Å². The van der Waals surface area contributed by atoms with Crippen LogP contribution < -0.4 is 4.74 Å². The van der Waals surface area contributed by atoms with Crippen molar-refractivity contribution in [2.24, 2.45) is 11.8 Å². The standard InChI is InChI=1S/C22H32F3N3O4S/c1-16-11-17(2)14-28(13-16)33(30,31)20-12-18(5-6-19(20)32-3)21(29)27-8-4-7-26(9-10-27)15-22(23,24)25/h5-6,12,16-17H,4,7-11,13-15H2,1-3H3. The first kappa shape index (κ1) is 25.8. The summed E-state index contributed by atoms with van der Waals surface area (Å²) in [4.78, 5) is 15.8. The maximum atomic E-state index is 13.4. The highest BCUT2D eigenvalue weighted by molar-refractivity contribution is 7.89. The van der Waals surface area contributed by atoms with Gasteiger partial charge in [-0.1, -0.05) is 13.8 Å². The first-order valence-electron chi connectivity index (χ1n) is 11.2. The lowest BCUT2D eigenvalue weighted by Gasteiger charge is -2.34. The summed E-state index contributed by atoms with van der Waals surface area (Å²) in [7, 11) is -2.51. The lowest BCUT2D eigenvalue weighted by Crippen LogP contribution is -2.42. The molecule has 1 aromatic carbocycles. The van der Waals surface area contributed by atoms with Crippen molar-refractivity contribution < 1.29 is 31.1 Å². The zero-order valence-corrected chi connectivity index (χ0v) is 20.1. The van der Waals surface area contributed by atoms with Crippen molar-refractivity contribution in [2.75, 3.05) is 52.9 Å². The van der Waals surface area contributed by atoms with E-state index in [9.17, 15) is 26.4 Å². The minimum atomic E-state index is -4.29. The Hall–Kier alpha value is -1.85. The molecule has 2 fully saturated rings. The number of carbonyl (C=O) groups is 1. The summed E-state index contributed by atoms with van der Waals surface area (Å²) in [5, 5.41) is 0. The minimum Gasteiger partial charge on any atom is -0.495 e. The number of piperidine rings is 1. The lowest BCUT2D eigenvalue weighted by molar-refractivity contribution is -0.145. The number of sulfonamides is 1. The van der Waals surface area contributed by atoms with Gasteiger partial charge in [-0.15, -0.1) is 0 Å². The van der Waals surface area contributed by atoms with Gasteiger partial charge in [0.05, 0.1) is 13.7 Å². The Morgan fingerprint density at radius 1 is 1.09 bits per heavy atom. The number of rotatable bonds is 5. The van der Waals surface area contributed by atoms with E-state index in [1.807, 2.05) is 13.8 Å². The number of ether oxygens (including phenoxy) is 1. The van der Waals surface area contributed by atoms with E-state index in [0.717, 1.165) is 6.42 Å². The van der Waals surface area contributed by atoms with Crippen LogP contribution in [-0.4, -0.2) is 87.5 Å². The number of alkyl halides is 3. The Morgan fingerprint density at radius 3 is 2.36 bits per heavy atom. The van der Waals surface area contributed by atoms with Gasteiger partial charge >= 0.3 is 6.18 Å². The molecule has 186 valence electrons. The van der Waals surface area contributed by atoms with Crippen LogP contribution in [0.15, 0.2) is 23.1 Å². The van der Waals surface area contributed by atoms with Gasteiger partial charge in [-0.25, -0.2) is 8.42 Å². The van der Waals surface area contributed by atoms with Crippen LogP contribution in [0.1, 0.15) is 37.0 Å². The molecule has 2 unspecified atom stereocenters. The van der Waals surface area contributed by atoms with Crippen molar-refractivity contribution in [2.45, 2.75) is 37.8 Å². The van der Waals surface area contributed by atoms with Gasteiger partial charge in [0.2, 0.25) is 10.0 Å². The Kier molecular flexibility index (Phi) is 7.95. The number of amides is 1. The van der Waals surface area contributed by atoms with E-state index in [2.05, 4.69) is 0 Å². The van der Waals surface area contributed by atoms with Gasteiger partial charge in [-0.05, 0) is 42.9 Å². The molecule has 2 saturated heterocycles. The smallest absolute Gasteiger partial charge is 0.401 e. The third-order valence-electron chi connectivity index (χ3n) is 6.14. The highest BCUT2D eigenvalue weighted by Gasteiger charge is 2.35. The van der Waals surface area contributed by atoms with Crippen LogP contribution in [0.5, 0.6) is 5.75 Å². The monoisotopic (exact) mass is 491 g/mol. The normalized spacial score (nSPS) is 23.9. The van der Waals surface area contributed by atoms with Crippen LogP contribution in [0.2, 0.25) is 0 Å². The van der Waals surface area contributed by atoms with Crippen LogP contribution in [0.4, 0.5) is 13.2 Å². The van der Waals surface area contributed by atoms with Crippen molar-refractivity contribution in [3.63, 3.8) is 0 Å². The van der Waals surface area contributed by atoms with Gasteiger partial charge < -0.3 is 9.64 Å². The summed E-state index contributed by atoms with van der Waals surface area (Å²) in [5.41, 5.74) is 0.178. The van der Waals surface area contributed by atoms with Crippen LogP contribution >= 0.6 is 0 Å². The maximum absolute atomic E-state index is 13.4. The lowest BCUT2D eigenvalue weighted by atomic mass is 9.94. The molecule has 2 heterocycles. The van der Waals surface area contributed by atoms with Crippen molar-refractivity contribution in [1.82, 2.24) is 14.1 Å². The third-order valence-corrected chi connectivity index (χ3v) is 8.00. The number of hydrogen-bond donors (Lipinski definition) is 0. The minimum absolute atomic E-state index is 0.0642. The predicted molar refractivity (Wildman–Crippen MR) is 118 cm³/mol. The highest BCUT2D eigenvalue weighted by atomic mass is 32.2. The molecule has 0 spiro atoms.